The Balaban J connectivity index is 2.37. The third-order valence-corrected chi connectivity index (χ3v) is 4.01. The van der Waals surface area contributed by atoms with Crippen LogP contribution in [0.3, 0.4) is 0 Å². The Bertz CT molecular complexity index is 883. The van der Waals surface area contributed by atoms with Crippen molar-refractivity contribution in [3.63, 3.8) is 0 Å². The highest BCUT2D eigenvalue weighted by Crippen LogP contribution is 2.42. The quantitative estimate of drug-likeness (QED) is 0.665. The predicted molar refractivity (Wildman–Crippen MR) is 82.1 cm³/mol. The predicted octanol–water partition coefficient (Wildman–Crippen LogP) is 1.38. The zero-order valence-electron chi connectivity index (χ0n) is 12.9. The fourth-order valence-corrected chi connectivity index (χ4v) is 2.86. The van der Waals surface area contributed by atoms with Crippen LogP contribution in [0.1, 0.15) is 37.4 Å². The molecule has 0 saturated carbocycles. The van der Waals surface area contributed by atoms with Crippen LogP contribution in [0.4, 0.5) is 0 Å². The second-order valence-electron chi connectivity index (χ2n) is 5.21. The van der Waals surface area contributed by atoms with E-state index in [2.05, 4.69) is 0 Å². The topological polar surface area (TPSA) is 113 Å². The maximum absolute atomic E-state index is 12.8. The molecule has 124 valence electrons. The van der Waals surface area contributed by atoms with E-state index in [1.165, 1.54) is 32.4 Å². The maximum Gasteiger partial charge on any atom is 0.198 e. The molecular formula is C17H14O7. The molecule has 0 radical (unpaired) electrons. The summed E-state index contributed by atoms with van der Waals surface area (Å²) in [6, 6.07) is 3.82. The molecule has 2 aromatic rings. The van der Waals surface area contributed by atoms with E-state index in [1.54, 1.807) is 0 Å². The van der Waals surface area contributed by atoms with Gasteiger partial charge in [-0.2, -0.15) is 0 Å². The number of hydrogen-bond donors (Lipinski definition) is 3. The minimum absolute atomic E-state index is 0.0130. The molecule has 3 rings (SSSR count). The summed E-state index contributed by atoms with van der Waals surface area (Å²) in [4.78, 5) is 25.6. The lowest BCUT2D eigenvalue weighted by atomic mass is 9.81. The number of phenolic OH excluding ortho intramolecular Hbond substituents is 1. The van der Waals surface area contributed by atoms with Gasteiger partial charge in [-0.3, -0.25) is 9.59 Å². The standard InChI is InChI=1S/C17H14O7/c1-23-7-3-8-14(11(19)4-7)17(22)13-9(15(8)20)5-12(24-2)16(21)10(13)6-18/h3-5,18-19,21H,6H2,1-2H3. The van der Waals surface area contributed by atoms with E-state index in [4.69, 9.17) is 9.47 Å². The van der Waals surface area contributed by atoms with Crippen LogP contribution < -0.4 is 9.47 Å². The molecule has 2 aromatic carbocycles. The lowest BCUT2D eigenvalue weighted by Gasteiger charge is -2.22. The molecule has 0 aromatic heterocycles. The van der Waals surface area contributed by atoms with E-state index in [-0.39, 0.29) is 39.3 Å². The van der Waals surface area contributed by atoms with Gasteiger partial charge in [0.15, 0.2) is 23.1 Å². The number of aliphatic hydroxyl groups excluding tert-OH is 1. The number of fused-ring (bicyclic) bond motifs is 2. The van der Waals surface area contributed by atoms with Gasteiger partial charge in [-0.25, -0.2) is 0 Å². The van der Waals surface area contributed by atoms with Crippen LogP contribution >= 0.6 is 0 Å². The first-order chi connectivity index (χ1) is 11.4. The number of benzene rings is 2. The Morgan fingerprint density at radius 1 is 0.917 bits per heavy atom. The van der Waals surface area contributed by atoms with E-state index < -0.39 is 29.7 Å². The molecule has 7 heteroatoms. The molecule has 1 aliphatic carbocycles. The van der Waals surface area contributed by atoms with E-state index in [9.17, 15) is 24.9 Å². The number of phenols is 2. The largest absolute Gasteiger partial charge is 0.507 e. The van der Waals surface area contributed by atoms with Gasteiger partial charge in [-0.05, 0) is 12.1 Å². The Morgan fingerprint density at radius 2 is 1.58 bits per heavy atom. The molecule has 0 heterocycles. The van der Waals surface area contributed by atoms with Crippen molar-refractivity contribution >= 4 is 11.6 Å². The summed E-state index contributed by atoms with van der Waals surface area (Å²) in [6.07, 6.45) is 0. The highest BCUT2D eigenvalue weighted by Gasteiger charge is 2.36. The summed E-state index contributed by atoms with van der Waals surface area (Å²) in [5.41, 5.74) is -0.482. The van der Waals surface area contributed by atoms with Crippen LogP contribution in [0.25, 0.3) is 0 Å². The van der Waals surface area contributed by atoms with Gasteiger partial charge in [-0.1, -0.05) is 0 Å². The molecule has 0 bridgehead atoms. The number of rotatable bonds is 3. The summed E-state index contributed by atoms with van der Waals surface area (Å²) in [7, 11) is 2.66. The summed E-state index contributed by atoms with van der Waals surface area (Å²) < 4.78 is 10.0. The van der Waals surface area contributed by atoms with Gasteiger partial charge in [0.25, 0.3) is 0 Å². The molecule has 0 unspecified atom stereocenters. The minimum Gasteiger partial charge on any atom is -0.507 e. The number of aromatic hydroxyl groups is 2. The van der Waals surface area contributed by atoms with Gasteiger partial charge in [0.05, 0.1) is 26.4 Å². The van der Waals surface area contributed by atoms with Crippen LogP contribution in [0.15, 0.2) is 18.2 Å². The van der Waals surface area contributed by atoms with E-state index in [1.807, 2.05) is 0 Å². The summed E-state index contributed by atoms with van der Waals surface area (Å²) in [5.74, 6) is -1.84. The van der Waals surface area contributed by atoms with Crippen molar-refractivity contribution in [1.82, 2.24) is 0 Å². The number of aliphatic hydroxyl groups is 1. The van der Waals surface area contributed by atoms with Gasteiger partial charge in [0.2, 0.25) is 0 Å². The average Bonchev–Trinajstić information content (AvgIpc) is 2.58. The van der Waals surface area contributed by atoms with Crippen molar-refractivity contribution in [2.24, 2.45) is 0 Å². The molecule has 0 fully saturated rings. The smallest absolute Gasteiger partial charge is 0.198 e. The third-order valence-electron chi connectivity index (χ3n) is 4.01. The first-order valence-corrected chi connectivity index (χ1v) is 6.98. The van der Waals surface area contributed by atoms with Crippen molar-refractivity contribution < 1.29 is 34.4 Å². The molecule has 24 heavy (non-hydrogen) atoms. The van der Waals surface area contributed by atoms with Gasteiger partial charge in [-0.15, -0.1) is 0 Å². The Morgan fingerprint density at radius 3 is 2.17 bits per heavy atom. The highest BCUT2D eigenvalue weighted by molar-refractivity contribution is 6.30. The minimum atomic E-state index is -0.670. The number of ether oxygens (including phenoxy) is 2. The molecule has 7 nitrogen and oxygen atoms in total. The van der Waals surface area contributed by atoms with Crippen molar-refractivity contribution in [3.8, 4) is 23.0 Å². The molecule has 0 spiro atoms. The fourth-order valence-electron chi connectivity index (χ4n) is 2.86. The van der Waals surface area contributed by atoms with Crippen molar-refractivity contribution in [1.29, 1.82) is 0 Å². The monoisotopic (exact) mass is 330 g/mol. The van der Waals surface area contributed by atoms with Gasteiger partial charge >= 0.3 is 0 Å². The first-order valence-electron chi connectivity index (χ1n) is 6.98. The van der Waals surface area contributed by atoms with Crippen LogP contribution in [0.2, 0.25) is 0 Å². The van der Waals surface area contributed by atoms with Crippen LogP contribution in [-0.4, -0.2) is 41.1 Å². The Hall–Kier alpha value is -3.06. The highest BCUT2D eigenvalue weighted by atomic mass is 16.5. The first kappa shape index (κ1) is 15.8. The van der Waals surface area contributed by atoms with Crippen molar-refractivity contribution in [2.45, 2.75) is 6.61 Å². The molecular weight excluding hydrogens is 316 g/mol. The summed E-state index contributed by atoms with van der Waals surface area (Å²) in [6.45, 7) is -0.670. The molecule has 0 amide bonds. The van der Waals surface area contributed by atoms with E-state index >= 15 is 0 Å². The lowest BCUT2D eigenvalue weighted by Crippen LogP contribution is -2.23. The van der Waals surface area contributed by atoms with E-state index in [0.29, 0.717) is 0 Å². The normalized spacial score (nSPS) is 12.6. The Kier molecular flexibility index (Phi) is 3.65. The summed E-state index contributed by atoms with van der Waals surface area (Å²) in [5, 5.41) is 29.8. The average molecular weight is 330 g/mol. The maximum atomic E-state index is 12.8. The summed E-state index contributed by atoms with van der Waals surface area (Å²) >= 11 is 0. The molecule has 0 aliphatic heterocycles. The van der Waals surface area contributed by atoms with Crippen molar-refractivity contribution in [2.75, 3.05) is 14.2 Å². The number of hydrogen-bond acceptors (Lipinski definition) is 7. The number of ketones is 2. The number of methoxy groups -OCH3 is 2. The number of carbonyl (C=O) groups is 2. The van der Waals surface area contributed by atoms with Gasteiger partial charge in [0, 0.05) is 28.3 Å². The zero-order valence-corrected chi connectivity index (χ0v) is 12.9. The zero-order chi connectivity index (χ0) is 17.6. The van der Waals surface area contributed by atoms with Crippen molar-refractivity contribution in [3.05, 3.63) is 46.0 Å². The van der Waals surface area contributed by atoms with E-state index in [0.717, 1.165) is 0 Å². The Labute approximate surface area is 136 Å². The van der Waals surface area contributed by atoms with Crippen LogP contribution in [0, 0.1) is 0 Å². The molecule has 0 atom stereocenters. The fraction of sp³-hybridized carbons (Fsp3) is 0.176. The number of carbonyl (C=O) groups excluding carboxylic acids is 2. The molecule has 3 N–H and O–H groups in total. The third kappa shape index (κ3) is 2.02. The second-order valence-corrected chi connectivity index (χ2v) is 5.21. The second kappa shape index (κ2) is 5.54. The molecule has 0 saturated heterocycles. The van der Waals surface area contributed by atoms with Gasteiger partial charge in [0.1, 0.15) is 11.5 Å². The van der Waals surface area contributed by atoms with Gasteiger partial charge < -0.3 is 24.8 Å². The SMILES string of the molecule is COc1cc(O)c2c(c1)C(=O)c1cc(OC)c(O)c(CO)c1C2=O. The lowest BCUT2D eigenvalue weighted by molar-refractivity contribution is 0.0973. The van der Waals surface area contributed by atoms with Crippen LogP contribution in [-0.2, 0) is 6.61 Å². The molecule has 1 aliphatic rings. The van der Waals surface area contributed by atoms with Crippen LogP contribution in [0.5, 0.6) is 23.0 Å².